The van der Waals surface area contributed by atoms with Crippen LogP contribution >= 0.6 is 27.3 Å². The second-order valence-corrected chi connectivity index (χ2v) is 6.74. The average molecular weight is 379 g/mol. The maximum Gasteiger partial charge on any atom is 0.262 e. The molecule has 6 heteroatoms. The van der Waals surface area contributed by atoms with E-state index < -0.39 is 0 Å². The number of aryl methyl sites for hydroxylation is 1. The van der Waals surface area contributed by atoms with Gasteiger partial charge in [0.15, 0.2) is 6.61 Å². The summed E-state index contributed by atoms with van der Waals surface area (Å²) in [7, 11) is 0. The lowest BCUT2D eigenvalue weighted by Gasteiger charge is -2.06. The standard InChI is InChI=1S/C16H15BrN2O2S/c1-3-13-10(2)22-16(14(13)8-18)19-15(20)9-21-12-6-4-11(17)5-7-12/h4-7H,3,9H2,1-2H3,(H,19,20). The van der Waals surface area contributed by atoms with Crippen LogP contribution < -0.4 is 10.1 Å². The number of ether oxygens (including phenoxy) is 1. The van der Waals surface area contributed by atoms with Gasteiger partial charge in [0.2, 0.25) is 0 Å². The van der Waals surface area contributed by atoms with Gasteiger partial charge in [-0.25, -0.2) is 0 Å². The van der Waals surface area contributed by atoms with Gasteiger partial charge in [0.25, 0.3) is 5.91 Å². The van der Waals surface area contributed by atoms with E-state index in [4.69, 9.17) is 4.74 Å². The summed E-state index contributed by atoms with van der Waals surface area (Å²) in [6.07, 6.45) is 0.774. The number of carbonyl (C=O) groups is 1. The zero-order valence-electron chi connectivity index (χ0n) is 12.3. The van der Waals surface area contributed by atoms with Gasteiger partial charge < -0.3 is 10.1 Å². The molecule has 1 heterocycles. The molecule has 22 heavy (non-hydrogen) atoms. The molecule has 1 aromatic heterocycles. The van der Waals surface area contributed by atoms with Crippen LogP contribution in [0, 0.1) is 18.3 Å². The van der Waals surface area contributed by atoms with Crippen molar-refractivity contribution in [3.05, 3.63) is 44.7 Å². The summed E-state index contributed by atoms with van der Waals surface area (Å²) in [6.45, 7) is 3.86. The number of anilines is 1. The van der Waals surface area contributed by atoms with Gasteiger partial charge >= 0.3 is 0 Å². The van der Waals surface area contributed by atoms with E-state index in [-0.39, 0.29) is 12.5 Å². The maximum atomic E-state index is 12.0. The highest BCUT2D eigenvalue weighted by atomic mass is 79.9. The van der Waals surface area contributed by atoms with Gasteiger partial charge in [-0.05, 0) is 43.2 Å². The van der Waals surface area contributed by atoms with Gasteiger partial charge in [0, 0.05) is 9.35 Å². The van der Waals surface area contributed by atoms with Gasteiger partial charge in [-0.2, -0.15) is 5.26 Å². The Morgan fingerprint density at radius 3 is 2.68 bits per heavy atom. The number of thiophene rings is 1. The summed E-state index contributed by atoms with van der Waals surface area (Å²) in [5.74, 6) is 0.346. The Bertz CT molecular complexity index is 717. The largest absolute Gasteiger partial charge is 0.484 e. The van der Waals surface area contributed by atoms with Crippen LogP contribution in [0.3, 0.4) is 0 Å². The molecule has 0 bridgehead atoms. The van der Waals surface area contributed by atoms with Crippen LogP contribution in [-0.4, -0.2) is 12.5 Å². The molecule has 1 amide bonds. The minimum Gasteiger partial charge on any atom is -0.484 e. The molecular weight excluding hydrogens is 364 g/mol. The van der Waals surface area contributed by atoms with Crippen LogP contribution in [0.25, 0.3) is 0 Å². The number of nitrogens with zero attached hydrogens (tertiary/aromatic N) is 1. The highest BCUT2D eigenvalue weighted by Gasteiger charge is 2.16. The van der Waals surface area contributed by atoms with Crippen molar-refractivity contribution in [2.24, 2.45) is 0 Å². The van der Waals surface area contributed by atoms with E-state index in [9.17, 15) is 10.1 Å². The van der Waals surface area contributed by atoms with Gasteiger partial charge in [-0.3, -0.25) is 4.79 Å². The molecule has 2 aromatic rings. The first kappa shape index (κ1) is 16.5. The molecule has 0 atom stereocenters. The molecule has 0 aliphatic heterocycles. The number of hydrogen-bond acceptors (Lipinski definition) is 4. The van der Waals surface area contributed by atoms with E-state index in [1.54, 1.807) is 12.1 Å². The Balaban J connectivity index is 2.01. The summed E-state index contributed by atoms with van der Waals surface area (Å²) >= 11 is 4.76. The fraction of sp³-hybridized carbons (Fsp3) is 0.250. The molecule has 4 nitrogen and oxygen atoms in total. The zero-order chi connectivity index (χ0) is 16.1. The van der Waals surface area contributed by atoms with Crippen molar-refractivity contribution in [1.29, 1.82) is 5.26 Å². The Morgan fingerprint density at radius 1 is 1.41 bits per heavy atom. The quantitative estimate of drug-likeness (QED) is 0.844. The van der Waals surface area contributed by atoms with Gasteiger partial charge in [0.05, 0.1) is 5.56 Å². The van der Waals surface area contributed by atoms with Crippen molar-refractivity contribution in [3.63, 3.8) is 0 Å². The summed E-state index contributed by atoms with van der Waals surface area (Å²) < 4.78 is 6.37. The number of nitriles is 1. The first-order valence-corrected chi connectivity index (χ1v) is 8.36. The second-order valence-electron chi connectivity index (χ2n) is 4.60. The Morgan fingerprint density at radius 2 is 2.09 bits per heavy atom. The van der Waals surface area contributed by atoms with Crippen LogP contribution in [0.15, 0.2) is 28.7 Å². The predicted molar refractivity (Wildman–Crippen MR) is 91.4 cm³/mol. The molecule has 0 aliphatic rings. The predicted octanol–water partition coefficient (Wildman–Crippen LogP) is 4.27. The van der Waals surface area contributed by atoms with Gasteiger partial charge in [0.1, 0.15) is 16.8 Å². The lowest BCUT2D eigenvalue weighted by Crippen LogP contribution is -2.20. The van der Waals surface area contributed by atoms with Crippen LogP contribution in [-0.2, 0) is 11.2 Å². The summed E-state index contributed by atoms with van der Waals surface area (Å²) in [6, 6.07) is 9.42. The maximum absolute atomic E-state index is 12.0. The lowest BCUT2D eigenvalue weighted by molar-refractivity contribution is -0.118. The normalized spacial score (nSPS) is 10.1. The fourth-order valence-electron chi connectivity index (χ4n) is 2.05. The summed E-state index contributed by atoms with van der Waals surface area (Å²) in [4.78, 5) is 13.0. The molecule has 1 aromatic carbocycles. The topological polar surface area (TPSA) is 62.1 Å². The number of halogens is 1. The molecule has 2 rings (SSSR count). The molecule has 0 saturated carbocycles. The third-order valence-corrected chi connectivity index (χ3v) is 4.70. The number of amides is 1. The summed E-state index contributed by atoms with van der Waals surface area (Å²) in [5.41, 5.74) is 1.55. The van der Waals surface area contributed by atoms with E-state index in [0.29, 0.717) is 16.3 Å². The Hall–Kier alpha value is -1.84. The molecule has 0 saturated heterocycles. The van der Waals surface area contributed by atoms with E-state index in [1.807, 2.05) is 26.0 Å². The molecule has 0 aliphatic carbocycles. The minimum atomic E-state index is -0.275. The molecular formula is C16H15BrN2O2S. The number of hydrogen-bond donors (Lipinski definition) is 1. The fourth-order valence-corrected chi connectivity index (χ4v) is 3.43. The van der Waals surface area contributed by atoms with Crippen molar-refractivity contribution < 1.29 is 9.53 Å². The highest BCUT2D eigenvalue weighted by molar-refractivity contribution is 9.10. The third kappa shape index (κ3) is 3.87. The third-order valence-electron chi connectivity index (χ3n) is 3.11. The van der Waals surface area contributed by atoms with Crippen LogP contribution in [0.1, 0.15) is 22.9 Å². The van der Waals surface area contributed by atoms with Crippen LogP contribution in [0.2, 0.25) is 0 Å². The number of rotatable bonds is 5. The molecule has 0 radical (unpaired) electrons. The van der Waals surface area contributed by atoms with Gasteiger partial charge in [-0.1, -0.05) is 22.9 Å². The van der Waals surface area contributed by atoms with Crippen molar-refractivity contribution >= 4 is 38.2 Å². The molecule has 0 fully saturated rings. The van der Waals surface area contributed by atoms with E-state index in [0.717, 1.165) is 21.3 Å². The number of carbonyl (C=O) groups excluding carboxylic acids is 1. The monoisotopic (exact) mass is 378 g/mol. The number of benzene rings is 1. The minimum absolute atomic E-state index is 0.0924. The smallest absolute Gasteiger partial charge is 0.262 e. The van der Waals surface area contributed by atoms with E-state index >= 15 is 0 Å². The highest BCUT2D eigenvalue weighted by Crippen LogP contribution is 2.32. The second kappa shape index (κ2) is 7.43. The summed E-state index contributed by atoms with van der Waals surface area (Å²) in [5, 5.41) is 12.6. The zero-order valence-corrected chi connectivity index (χ0v) is 14.7. The first-order valence-electron chi connectivity index (χ1n) is 6.75. The van der Waals surface area contributed by atoms with Crippen molar-refractivity contribution in [3.8, 4) is 11.8 Å². The Kier molecular flexibility index (Phi) is 5.58. The number of nitrogens with one attached hydrogen (secondary N) is 1. The lowest BCUT2D eigenvalue weighted by atomic mass is 10.1. The molecule has 0 spiro atoms. The van der Waals surface area contributed by atoms with E-state index in [2.05, 4.69) is 27.3 Å². The van der Waals surface area contributed by atoms with Gasteiger partial charge in [-0.15, -0.1) is 11.3 Å². The molecule has 1 N–H and O–H groups in total. The Labute approximate surface area is 141 Å². The van der Waals surface area contributed by atoms with Crippen LogP contribution in [0.5, 0.6) is 5.75 Å². The molecule has 114 valence electrons. The van der Waals surface area contributed by atoms with Crippen molar-refractivity contribution in [2.75, 3.05) is 11.9 Å². The van der Waals surface area contributed by atoms with Crippen molar-refractivity contribution in [2.45, 2.75) is 20.3 Å². The van der Waals surface area contributed by atoms with E-state index in [1.165, 1.54) is 11.3 Å². The SMILES string of the molecule is CCc1c(C)sc(NC(=O)COc2ccc(Br)cc2)c1C#N. The molecule has 0 unspecified atom stereocenters. The average Bonchev–Trinajstić information content (AvgIpc) is 2.81. The van der Waals surface area contributed by atoms with Crippen molar-refractivity contribution in [1.82, 2.24) is 0 Å². The first-order chi connectivity index (χ1) is 10.5. The van der Waals surface area contributed by atoms with Crippen LogP contribution in [0.4, 0.5) is 5.00 Å².